The predicted molar refractivity (Wildman–Crippen MR) is 62.4 cm³/mol. The molecular weight excluding hydrogens is 228 g/mol. The number of aliphatic hydroxyl groups excluding tert-OH is 1. The number of hydrogen-bond donors (Lipinski definition) is 1. The Labute approximate surface area is 100.0 Å². The van der Waals surface area contributed by atoms with Crippen LogP contribution in [0.1, 0.15) is 18.9 Å². The maximum atomic E-state index is 11.1. The van der Waals surface area contributed by atoms with Crippen LogP contribution in [0, 0.1) is 0 Å². The quantitative estimate of drug-likeness (QED) is 0.806. The molecule has 1 aromatic rings. The van der Waals surface area contributed by atoms with Gasteiger partial charge in [0.25, 0.3) is 0 Å². The molecule has 1 unspecified atom stereocenters. The number of hydrogen-bond acceptors (Lipinski definition) is 3. The summed E-state index contributed by atoms with van der Waals surface area (Å²) in [7, 11) is 0. The fourth-order valence-electron chi connectivity index (χ4n) is 1.42. The Morgan fingerprint density at radius 1 is 1.56 bits per heavy atom. The van der Waals surface area contributed by atoms with Gasteiger partial charge in [-0.25, -0.2) is 0 Å². The molecule has 0 spiro atoms. The van der Waals surface area contributed by atoms with Crippen molar-refractivity contribution < 1.29 is 14.6 Å². The zero-order valence-electron chi connectivity index (χ0n) is 9.15. The van der Waals surface area contributed by atoms with Crippen molar-refractivity contribution in [2.75, 3.05) is 6.61 Å². The van der Waals surface area contributed by atoms with E-state index in [2.05, 4.69) is 0 Å². The molecule has 0 aliphatic heterocycles. The Hall–Kier alpha value is -1.06. The molecule has 1 atom stereocenters. The third kappa shape index (κ3) is 4.64. The number of carbonyl (C=O) groups excluding carboxylic acids is 1. The van der Waals surface area contributed by atoms with Gasteiger partial charge in [-0.05, 0) is 31.0 Å². The third-order valence-electron chi connectivity index (χ3n) is 2.07. The Bertz CT molecular complexity index is 352. The number of aliphatic hydroxyl groups is 1. The Balaban J connectivity index is 2.45. The van der Waals surface area contributed by atoms with Gasteiger partial charge in [-0.2, -0.15) is 0 Å². The highest BCUT2D eigenvalue weighted by molar-refractivity contribution is 6.30. The van der Waals surface area contributed by atoms with Gasteiger partial charge in [0, 0.05) is 5.02 Å². The van der Waals surface area contributed by atoms with Crippen molar-refractivity contribution in [2.24, 2.45) is 0 Å². The van der Waals surface area contributed by atoms with Crippen molar-refractivity contribution in [3.63, 3.8) is 0 Å². The van der Waals surface area contributed by atoms with Crippen LogP contribution in [0.25, 0.3) is 0 Å². The summed E-state index contributed by atoms with van der Waals surface area (Å²) in [4.78, 5) is 11.1. The Kier molecular flexibility index (Phi) is 5.29. The molecule has 4 heteroatoms. The second-order valence-corrected chi connectivity index (χ2v) is 3.93. The van der Waals surface area contributed by atoms with Crippen molar-refractivity contribution in [3.05, 3.63) is 34.9 Å². The fourth-order valence-corrected chi connectivity index (χ4v) is 1.63. The lowest BCUT2D eigenvalue weighted by atomic mass is 10.1. The zero-order chi connectivity index (χ0) is 12.0. The molecule has 1 N–H and O–H groups in total. The molecule has 0 heterocycles. The minimum atomic E-state index is -0.725. The number of esters is 1. The van der Waals surface area contributed by atoms with Gasteiger partial charge in [-0.1, -0.05) is 23.7 Å². The number of halogens is 1. The molecule has 1 rings (SSSR count). The van der Waals surface area contributed by atoms with Crippen LogP contribution in [0.4, 0.5) is 0 Å². The standard InChI is InChI=1S/C12H15ClO3/c1-2-16-12(15)8-11(14)7-9-4-3-5-10(13)6-9/h3-6,11,14H,2,7-8H2,1H3. The molecule has 0 amide bonds. The number of rotatable bonds is 5. The molecule has 0 aromatic heterocycles. The van der Waals surface area contributed by atoms with E-state index >= 15 is 0 Å². The largest absolute Gasteiger partial charge is 0.466 e. The summed E-state index contributed by atoms with van der Waals surface area (Å²) in [5.41, 5.74) is 0.907. The molecule has 0 bridgehead atoms. The van der Waals surface area contributed by atoms with Gasteiger partial charge in [0.2, 0.25) is 0 Å². The van der Waals surface area contributed by atoms with E-state index in [1.165, 1.54) is 0 Å². The average molecular weight is 243 g/mol. The lowest BCUT2D eigenvalue weighted by Crippen LogP contribution is -2.18. The number of carbonyl (C=O) groups is 1. The minimum absolute atomic E-state index is 0.0142. The van der Waals surface area contributed by atoms with E-state index in [1.54, 1.807) is 19.1 Å². The van der Waals surface area contributed by atoms with E-state index in [1.807, 2.05) is 12.1 Å². The monoisotopic (exact) mass is 242 g/mol. The molecular formula is C12H15ClO3. The van der Waals surface area contributed by atoms with E-state index in [0.29, 0.717) is 18.1 Å². The lowest BCUT2D eigenvalue weighted by molar-refractivity contribution is -0.145. The van der Waals surface area contributed by atoms with Gasteiger partial charge in [-0.15, -0.1) is 0 Å². The summed E-state index contributed by atoms with van der Waals surface area (Å²) in [6.07, 6.45) is -0.308. The molecule has 0 saturated heterocycles. The van der Waals surface area contributed by atoms with Gasteiger partial charge in [0.15, 0.2) is 0 Å². The normalized spacial score (nSPS) is 12.2. The Morgan fingerprint density at radius 2 is 2.31 bits per heavy atom. The first-order valence-corrected chi connectivity index (χ1v) is 5.57. The van der Waals surface area contributed by atoms with Crippen LogP contribution < -0.4 is 0 Å². The fraction of sp³-hybridized carbons (Fsp3) is 0.417. The first-order chi connectivity index (χ1) is 7.61. The first-order valence-electron chi connectivity index (χ1n) is 5.20. The summed E-state index contributed by atoms with van der Waals surface area (Å²) in [5, 5.41) is 10.3. The number of benzene rings is 1. The second-order valence-electron chi connectivity index (χ2n) is 3.50. The van der Waals surface area contributed by atoms with Crippen LogP contribution in [0.5, 0.6) is 0 Å². The van der Waals surface area contributed by atoms with Crippen LogP contribution in [-0.2, 0) is 16.0 Å². The average Bonchev–Trinajstić information content (AvgIpc) is 2.17. The van der Waals surface area contributed by atoms with Crippen LogP contribution in [0.3, 0.4) is 0 Å². The maximum absolute atomic E-state index is 11.1. The summed E-state index contributed by atoms with van der Waals surface area (Å²) < 4.78 is 4.75. The van der Waals surface area contributed by atoms with E-state index in [0.717, 1.165) is 5.56 Å². The van der Waals surface area contributed by atoms with Crippen molar-refractivity contribution in [2.45, 2.75) is 25.9 Å². The van der Waals surface area contributed by atoms with E-state index in [4.69, 9.17) is 16.3 Å². The van der Waals surface area contributed by atoms with E-state index < -0.39 is 6.10 Å². The van der Waals surface area contributed by atoms with E-state index in [-0.39, 0.29) is 12.4 Å². The minimum Gasteiger partial charge on any atom is -0.466 e. The third-order valence-corrected chi connectivity index (χ3v) is 2.30. The molecule has 16 heavy (non-hydrogen) atoms. The predicted octanol–water partition coefficient (Wildman–Crippen LogP) is 2.20. The summed E-state index contributed by atoms with van der Waals surface area (Å²) in [5.74, 6) is -0.378. The number of ether oxygens (including phenoxy) is 1. The van der Waals surface area contributed by atoms with Crippen molar-refractivity contribution >= 4 is 17.6 Å². The van der Waals surface area contributed by atoms with Crippen LogP contribution in [-0.4, -0.2) is 23.8 Å². The summed E-state index contributed by atoms with van der Waals surface area (Å²) in [6, 6.07) is 7.22. The molecule has 0 radical (unpaired) electrons. The van der Waals surface area contributed by atoms with E-state index in [9.17, 15) is 9.90 Å². The second kappa shape index (κ2) is 6.51. The highest BCUT2D eigenvalue weighted by Gasteiger charge is 2.12. The lowest BCUT2D eigenvalue weighted by Gasteiger charge is -2.09. The van der Waals surface area contributed by atoms with Crippen LogP contribution >= 0.6 is 11.6 Å². The Morgan fingerprint density at radius 3 is 2.94 bits per heavy atom. The first kappa shape index (κ1) is 13.0. The highest BCUT2D eigenvalue weighted by atomic mass is 35.5. The summed E-state index contributed by atoms with van der Waals surface area (Å²) in [6.45, 7) is 2.07. The molecule has 0 aliphatic carbocycles. The van der Waals surface area contributed by atoms with Gasteiger partial charge in [-0.3, -0.25) is 4.79 Å². The smallest absolute Gasteiger partial charge is 0.308 e. The molecule has 3 nitrogen and oxygen atoms in total. The molecule has 0 aliphatic rings. The SMILES string of the molecule is CCOC(=O)CC(O)Cc1cccc(Cl)c1. The summed E-state index contributed by atoms with van der Waals surface area (Å²) >= 11 is 5.81. The van der Waals surface area contributed by atoms with Gasteiger partial charge < -0.3 is 9.84 Å². The van der Waals surface area contributed by atoms with Crippen molar-refractivity contribution in [1.29, 1.82) is 0 Å². The van der Waals surface area contributed by atoms with Gasteiger partial charge in [0.05, 0.1) is 19.1 Å². The van der Waals surface area contributed by atoms with Crippen LogP contribution in [0.2, 0.25) is 5.02 Å². The molecule has 1 aromatic carbocycles. The molecule has 88 valence electrons. The van der Waals surface area contributed by atoms with Crippen molar-refractivity contribution in [1.82, 2.24) is 0 Å². The van der Waals surface area contributed by atoms with Crippen LogP contribution in [0.15, 0.2) is 24.3 Å². The van der Waals surface area contributed by atoms with Gasteiger partial charge in [0.1, 0.15) is 0 Å². The topological polar surface area (TPSA) is 46.5 Å². The molecule has 0 fully saturated rings. The van der Waals surface area contributed by atoms with Crippen molar-refractivity contribution in [3.8, 4) is 0 Å². The van der Waals surface area contributed by atoms with Gasteiger partial charge >= 0.3 is 5.97 Å². The maximum Gasteiger partial charge on any atom is 0.308 e. The highest BCUT2D eigenvalue weighted by Crippen LogP contribution is 2.13. The molecule has 0 saturated carbocycles. The zero-order valence-corrected chi connectivity index (χ0v) is 9.91.